The van der Waals surface area contributed by atoms with Crippen molar-refractivity contribution in [3.8, 4) is 0 Å². The Labute approximate surface area is 82.8 Å². The van der Waals surface area contributed by atoms with E-state index < -0.39 is 0 Å². The van der Waals surface area contributed by atoms with Crippen molar-refractivity contribution in [1.82, 2.24) is 13.1 Å². The first-order valence-electron chi connectivity index (χ1n) is 3.92. The Kier molecular flexibility index (Phi) is 2.55. The van der Waals surface area contributed by atoms with Crippen LogP contribution in [-0.4, -0.2) is 24.6 Å². The topological polar surface area (TPSA) is 29.0 Å². The van der Waals surface area contributed by atoms with E-state index in [9.17, 15) is 0 Å². The summed E-state index contributed by atoms with van der Waals surface area (Å²) in [5, 5.41) is 0. The number of halogens is 1. The van der Waals surface area contributed by atoms with Gasteiger partial charge in [-0.3, -0.25) is 0 Å². The molecule has 0 amide bonds. The Morgan fingerprint density at radius 1 is 1.58 bits per heavy atom. The number of alkyl halides is 1. The number of aromatic nitrogens is 2. The molecule has 0 saturated carbocycles. The van der Waals surface area contributed by atoms with Gasteiger partial charge < -0.3 is 0 Å². The quantitative estimate of drug-likeness (QED) is 0.322. The van der Waals surface area contributed by atoms with E-state index in [4.69, 9.17) is 0 Å². The van der Waals surface area contributed by atoms with E-state index in [-0.39, 0.29) is 21.5 Å². The number of hydrogen-bond acceptors (Lipinski definition) is 3. The monoisotopic (exact) mass is 276 g/mol. The maximum atomic E-state index is 4.28. The third-order valence-electron chi connectivity index (χ3n) is 2.07. The van der Waals surface area contributed by atoms with Gasteiger partial charge in [0.05, 0.1) is 0 Å². The van der Waals surface area contributed by atoms with Gasteiger partial charge in [-0.05, 0) is 0 Å². The van der Waals surface area contributed by atoms with E-state index >= 15 is 0 Å². The zero-order valence-electron chi connectivity index (χ0n) is 7.00. The molecule has 2 heterocycles. The first kappa shape index (κ1) is 8.37. The fourth-order valence-electron chi connectivity index (χ4n) is 1.36. The van der Waals surface area contributed by atoms with Crippen molar-refractivity contribution < 1.29 is 21.5 Å². The molecular formula is C8H11IN3-. The molecule has 66 valence electrons. The first-order chi connectivity index (χ1) is 5.90. The van der Waals surface area contributed by atoms with Crippen LogP contribution in [0.15, 0.2) is 12.5 Å². The minimum atomic E-state index is 0.233. The van der Waals surface area contributed by atoms with Crippen LogP contribution in [-0.2, 0) is 13.0 Å². The molecule has 4 heteroatoms. The maximum absolute atomic E-state index is 4.28. The molecule has 1 aromatic heterocycles. The summed E-state index contributed by atoms with van der Waals surface area (Å²) in [6, 6.07) is 0. The van der Waals surface area contributed by atoms with Gasteiger partial charge in [0.15, 0.2) is 0 Å². The number of rotatable bonds is 1. The van der Waals surface area contributed by atoms with Gasteiger partial charge in [0, 0.05) is 0 Å². The minimum absolute atomic E-state index is 0.233. The molecular weight excluding hydrogens is 265 g/mol. The number of nitrogens with zero attached hydrogens (tertiary/aromatic N) is 3. The standard InChI is InChI=1S/C8H11IN3/c1-9-12-3-2-7-4-10-6-11-8(7)5-12/h4,6H,2-3,5H2,1H3/q-1. The Balaban J connectivity index is 2.23. The summed E-state index contributed by atoms with van der Waals surface area (Å²) in [5.74, 6) is 0. The summed E-state index contributed by atoms with van der Waals surface area (Å²) < 4.78 is 2.51. The second-order valence-electron chi connectivity index (χ2n) is 2.76. The molecule has 1 aromatic rings. The molecule has 0 unspecified atom stereocenters. The Morgan fingerprint density at radius 2 is 2.50 bits per heavy atom. The van der Waals surface area contributed by atoms with Crippen LogP contribution in [0.3, 0.4) is 0 Å². The van der Waals surface area contributed by atoms with E-state index in [1.165, 1.54) is 17.8 Å². The van der Waals surface area contributed by atoms with Crippen LogP contribution in [0, 0.1) is 0 Å². The van der Waals surface area contributed by atoms with Crippen LogP contribution in [0.5, 0.6) is 0 Å². The zero-order valence-corrected chi connectivity index (χ0v) is 9.15. The molecule has 1 aliphatic heterocycles. The molecule has 0 spiro atoms. The fourth-order valence-corrected chi connectivity index (χ4v) is 2.75. The summed E-state index contributed by atoms with van der Waals surface area (Å²) in [7, 11) is 0. The molecule has 0 fully saturated rings. The third-order valence-corrected chi connectivity index (χ3v) is 4.25. The van der Waals surface area contributed by atoms with Crippen LogP contribution >= 0.6 is 0 Å². The van der Waals surface area contributed by atoms with Crippen molar-refractivity contribution in [1.29, 1.82) is 0 Å². The Bertz CT molecular complexity index is 277. The zero-order chi connectivity index (χ0) is 8.39. The van der Waals surface area contributed by atoms with Crippen LogP contribution in [0.25, 0.3) is 0 Å². The number of fused-ring (bicyclic) bond motifs is 1. The van der Waals surface area contributed by atoms with Gasteiger partial charge in [-0.2, -0.15) is 0 Å². The third kappa shape index (κ3) is 1.59. The normalized spacial score (nSPS) is 17.8. The van der Waals surface area contributed by atoms with E-state index in [0.717, 1.165) is 13.0 Å². The Morgan fingerprint density at radius 3 is 3.33 bits per heavy atom. The second-order valence-corrected chi connectivity index (χ2v) is 5.09. The van der Waals surface area contributed by atoms with Gasteiger partial charge in [0.25, 0.3) is 0 Å². The van der Waals surface area contributed by atoms with E-state index in [2.05, 4.69) is 18.0 Å². The van der Waals surface area contributed by atoms with Crippen molar-refractivity contribution in [2.75, 3.05) is 11.5 Å². The van der Waals surface area contributed by atoms with Crippen molar-refractivity contribution in [2.24, 2.45) is 0 Å². The van der Waals surface area contributed by atoms with Gasteiger partial charge in [-0.1, -0.05) is 0 Å². The van der Waals surface area contributed by atoms with Gasteiger partial charge in [0.2, 0.25) is 0 Å². The molecule has 0 aromatic carbocycles. The molecule has 1 aliphatic rings. The summed E-state index contributed by atoms with van der Waals surface area (Å²) >= 11 is 0.233. The number of hydrogen-bond donors (Lipinski definition) is 0. The summed E-state index contributed by atoms with van der Waals surface area (Å²) in [4.78, 5) is 10.6. The fraction of sp³-hybridized carbons (Fsp3) is 0.500. The molecule has 0 aliphatic carbocycles. The molecule has 3 nitrogen and oxygen atoms in total. The molecule has 0 bridgehead atoms. The predicted molar refractivity (Wildman–Crippen MR) is 42.1 cm³/mol. The predicted octanol–water partition coefficient (Wildman–Crippen LogP) is -2.53. The summed E-state index contributed by atoms with van der Waals surface area (Å²) in [6.07, 6.45) is 4.73. The van der Waals surface area contributed by atoms with E-state index in [1.807, 2.05) is 6.20 Å². The first-order valence-corrected chi connectivity index (χ1v) is 7.05. The van der Waals surface area contributed by atoms with Gasteiger partial charge in [-0.15, -0.1) is 0 Å². The van der Waals surface area contributed by atoms with Crippen molar-refractivity contribution in [2.45, 2.75) is 13.0 Å². The van der Waals surface area contributed by atoms with Crippen molar-refractivity contribution >= 4 is 0 Å². The van der Waals surface area contributed by atoms with E-state index in [1.54, 1.807) is 6.33 Å². The van der Waals surface area contributed by atoms with Gasteiger partial charge >= 0.3 is 82.8 Å². The van der Waals surface area contributed by atoms with Crippen molar-refractivity contribution in [3.63, 3.8) is 0 Å². The van der Waals surface area contributed by atoms with Crippen LogP contribution < -0.4 is 21.5 Å². The van der Waals surface area contributed by atoms with Gasteiger partial charge in [-0.25, -0.2) is 0 Å². The molecule has 0 N–H and O–H groups in total. The average Bonchev–Trinajstić information content (AvgIpc) is 2.17. The van der Waals surface area contributed by atoms with Crippen LogP contribution in [0.1, 0.15) is 11.3 Å². The van der Waals surface area contributed by atoms with Gasteiger partial charge in [0.1, 0.15) is 0 Å². The van der Waals surface area contributed by atoms with Crippen molar-refractivity contribution in [3.05, 3.63) is 23.8 Å². The molecule has 2 rings (SSSR count). The summed E-state index contributed by atoms with van der Waals surface area (Å²) in [6.45, 7) is 2.24. The average molecular weight is 276 g/mol. The van der Waals surface area contributed by atoms with Crippen LogP contribution in [0.2, 0.25) is 0 Å². The SMILES string of the molecule is C[I-]N1CCc2cncnc2C1. The molecule has 12 heavy (non-hydrogen) atoms. The summed E-state index contributed by atoms with van der Waals surface area (Å²) in [5.41, 5.74) is 2.57. The second kappa shape index (κ2) is 3.66. The molecule has 0 radical (unpaired) electrons. The molecule has 0 atom stereocenters. The Hall–Kier alpha value is -0.230. The van der Waals surface area contributed by atoms with Crippen LogP contribution in [0.4, 0.5) is 0 Å². The van der Waals surface area contributed by atoms with E-state index in [0.29, 0.717) is 0 Å². The molecule has 0 saturated heterocycles.